The van der Waals surface area contributed by atoms with Crippen molar-refractivity contribution >= 4 is 28.2 Å². The molecule has 2 aromatic heterocycles. The minimum atomic E-state index is 0.648. The zero-order chi connectivity index (χ0) is 20.1. The first-order valence-corrected chi connectivity index (χ1v) is 10.3. The van der Waals surface area contributed by atoms with Crippen LogP contribution in [0.1, 0.15) is 22.6 Å². The van der Waals surface area contributed by atoms with Crippen LogP contribution in [0, 0.1) is 6.92 Å². The first kappa shape index (κ1) is 19.3. The molecule has 2 N–H and O–H groups in total. The van der Waals surface area contributed by atoms with Gasteiger partial charge >= 0.3 is 0 Å². The van der Waals surface area contributed by atoms with Crippen molar-refractivity contribution in [3.8, 4) is 0 Å². The summed E-state index contributed by atoms with van der Waals surface area (Å²) in [5.41, 5.74) is 4.95. The predicted octanol–water partition coefficient (Wildman–Crippen LogP) is 5.19. The first-order chi connectivity index (χ1) is 14.2. The molecule has 4 nitrogen and oxygen atoms in total. The van der Waals surface area contributed by atoms with Crippen LogP contribution in [-0.4, -0.2) is 21.5 Å². The maximum absolute atomic E-state index is 5.74. The van der Waals surface area contributed by atoms with Gasteiger partial charge in [0.2, 0.25) is 0 Å². The monoisotopic (exact) mass is 403 g/mol. The van der Waals surface area contributed by atoms with Crippen molar-refractivity contribution in [3.63, 3.8) is 0 Å². The van der Waals surface area contributed by atoms with Crippen molar-refractivity contribution in [1.82, 2.24) is 15.2 Å². The van der Waals surface area contributed by atoms with Crippen molar-refractivity contribution in [1.29, 1.82) is 0 Å². The van der Waals surface area contributed by atoms with E-state index in [9.17, 15) is 0 Å². The van der Waals surface area contributed by atoms with E-state index in [-0.39, 0.29) is 0 Å². The van der Waals surface area contributed by atoms with Crippen LogP contribution >= 0.6 is 12.2 Å². The fourth-order valence-electron chi connectivity index (χ4n) is 3.63. The normalized spacial score (nSPS) is 10.9. The van der Waals surface area contributed by atoms with Gasteiger partial charge in [-0.25, -0.2) is 0 Å². The van der Waals surface area contributed by atoms with Gasteiger partial charge in [0.1, 0.15) is 5.76 Å². The van der Waals surface area contributed by atoms with Gasteiger partial charge in [-0.05, 0) is 54.9 Å². The molecule has 29 heavy (non-hydrogen) atoms. The number of aromatic nitrogens is 1. The number of aromatic amines is 1. The molecule has 0 spiro atoms. The third-order valence-corrected chi connectivity index (χ3v) is 5.56. The second kappa shape index (κ2) is 8.97. The molecular formula is C24H25N3OS. The number of aryl methyl sites for hydroxylation is 1. The van der Waals surface area contributed by atoms with Gasteiger partial charge in [0.05, 0.1) is 12.8 Å². The molecule has 0 aliphatic rings. The molecule has 4 rings (SSSR count). The third-order valence-electron chi connectivity index (χ3n) is 5.16. The number of fused-ring (bicyclic) bond motifs is 1. The van der Waals surface area contributed by atoms with Crippen LogP contribution in [0.4, 0.5) is 0 Å². The molecule has 0 saturated heterocycles. The number of rotatable bonds is 7. The topological polar surface area (TPSA) is 44.2 Å². The number of H-pyrrole nitrogens is 1. The van der Waals surface area contributed by atoms with Crippen LogP contribution in [0.25, 0.3) is 10.9 Å². The van der Waals surface area contributed by atoms with Crippen molar-refractivity contribution < 1.29 is 4.42 Å². The Kier molecular flexibility index (Phi) is 5.96. The summed E-state index contributed by atoms with van der Waals surface area (Å²) in [6.07, 6.45) is 2.61. The highest BCUT2D eigenvalue weighted by Crippen LogP contribution is 2.22. The second-order valence-corrected chi connectivity index (χ2v) is 7.56. The molecule has 0 amide bonds. The Morgan fingerprint density at radius 3 is 2.62 bits per heavy atom. The minimum absolute atomic E-state index is 0.648. The molecule has 148 valence electrons. The molecular weight excluding hydrogens is 378 g/mol. The Morgan fingerprint density at radius 2 is 1.83 bits per heavy atom. The predicted molar refractivity (Wildman–Crippen MR) is 122 cm³/mol. The van der Waals surface area contributed by atoms with Crippen molar-refractivity contribution in [2.24, 2.45) is 0 Å². The van der Waals surface area contributed by atoms with E-state index in [1.54, 1.807) is 6.26 Å². The first-order valence-electron chi connectivity index (χ1n) is 9.86. The lowest BCUT2D eigenvalue weighted by Crippen LogP contribution is -2.40. The Balaban J connectivity index is 1.47. The summed E-state index contributed by atoms with van der Waals surface area (Å²) >= 11 is 5.74. The Bertz CT molecular complexity index is 1070. The molecule has 0 aliphatic carbocycles. The number of para-hydroxylation sites is 1. The van der Waals surface area contributed by atoms with Gasteiger partial charge in [0.15, 0.2) is 5.11 Å². The SMILES string of the molecule is Cc1[nH]c2ccccc2c1CCN(Cc1ccco1)C(=S)NCc1ccccc1. The Labute approximate surface area is 176 Å². The van der Waals surface area contributed by atoms with Crippen molar-refractivity contribution in [2.75, 3.05) is 6.54 Å². The standard InChI is InChI=1S/C24H25N3OS/c1-18-21(22-11-5-6-12-23(22)26-18)13-14-27(17-20-10-7-15-28-20)24(29)25-16-19-8-3-2-4-9-19/h2-12,15,26H,13-14,16-17H2,1H3,(H,25,29). The number of furan rings is 1. The van der Waals surface area contributed by atoms with E-state index in [4.69, 9.17) is 16.6 Å². The van der Waals surface area contributed by atoms with E-state index in [2.05, 4.69) is 58.5 Å². The molecule has 2 heterocycles. The maximum Gasteiger partial charge on any atom is 0.169 e. The lowest BCUT2D eigenvalue weighted by atomic mass is 10.1. The molecule has 0 aliphatic heterocycles. The van der Waals surface area contributed by atoms with Crippen molar-refractivity contribution in [3.05, 3.63) is 95.6 Å². The zero-order valence-electron chi connectivity index (χ0n) is 16.5. The summed E-state index contributed by atoms with van der Waals surface area (Å²) in [4.78, 5) is 5.67. The number of hydrogen-bond donors (Lipinski definition) is 2. The molecule has 5 heteroatoms. The largest absolute Gasteiger partial charge is 0.467 e. The molecule has 0 fully saturated rings. The lowest BCUT2D eigenvalue weighted by Gasteiger charge is -2.25. The number of thiocarbonyl (C=S) groups is 1. The number of nitrogens with zero attached hydrogens (tertiary/aromatic N) is 1. The van der Waals surface area contributed by atoms with Crippen LogP contribution in [0.5, 0.6) is 0 Å². The van der Waals surface area contributed by atoms with E-state index in [1.165, 1.54) is 27.7 Å². The van der Waals surface area contributed by atoms with Gasteiger partial charge in [0.25, 0.3) is 0 Å². The molecule has 0 bridgehead atoms. The molecule has 0 radical (unpaired) electrons. The number of benzene rings is 2. The average molecular weight is 404 g/mol. The quantitative estimate of drug-likeness (QED) is 0.417. The highest BCUT2D eigenvalue weighted by molar-refractivity contribution is 7.80. The summed E-state index contributed by atoms with van der Waals surface area (Å²) in [6.45, 7) is 4.30. The average Bonchev–Trinajstić information content (AvgIpc) is 3.37. The fraction of sp³-hybridized carbons (Fsp3) is 0.208. The summed E-state index contributed by atoms with van der Waals surface area (Å²) in [5, 5.41) is 5.42. The molecule has 4 aromatic rings. The fourth-order valence-corrected chi connectivity index (χ4v) is 3.86. The lowest BCUT2D eigenvalue weighted by molar-refractivity contribution is 0.359. The van der Waals surface area contributed by atoms with Crippen LogP contribution in [0.15, 0.2) is 77.4 Å². The molecule has 0 atom stereocenters. The minimum Gasteiger partial charge on any atom is -0.467 e. The molecule has 2 aromatic carbocycles. The molecule has 0 saturated carbocycles. The van der Waals surface area contributed by atoms with Gasteiger partial charge < -0.3 is 19.6 Å². The van der Waals surface area contributed by atoms with E-state index in [0.29, 0.717) is 13.1 Å². The van der Waals surface area contributed by atoms with E-state index < -0.39 is 0 Å². The number of nitrogens with one attached hydrogen (secondary N) is 2. The Morgan fingerprint density at radius 1 is 1.03 bits per heavy atom. The van der Waals surface area contributed by atoms with E-state index in [0.717, 1.165) is 23.8 Å². The van der Waals surface area contributed by atoms with Gasteiger partial charge in [-0.15, -0.1) is 0 Å². The van der Waals surface area contributed by atoms with E-state index >= 15 is 0 Å². The highest BCUT2D eigenvalue weighted by Gasteiger charge is 2.15. The second-order valence-electron chi connectivity index (χ2n) is 7.17. The number of hydrogen-bond acceptors (Lipinski definition) is 2. The maximum atomic E-state index is 5.74. The zero-order valence-corrected chi connectivity index (χ0v) is 17.3. The van der Waals surface area contributed by atoms with Crippen LogP contribution in [-0.2, 0) is 19.5 Å². The van der Waals surface area contributed by atoms with Gasteiger partial charge in [-0.2, -0.15) is 0 Å². The van der Waals surface area contributed by atoms with Crippen molar-refractivity contribution in [2.45, 2.75) is 26.4 Å². The van der Waals surface area contributed by atoms with Crippen LogP contribution in [0.3, 0.4) is 0 Å². The van der Waals surface area contributed by atoms with Gasteiger partial charge in [-0.3, -0.25) is 0 Å². The van der Waals surface area contributed by atoms with E-state index in [1.807, 2.05) is 30.3 Å². The highest BCUT2D eigenvalue weighted by atomic mass is 32.1. The molecule has 0 unspecified atom stereocenters. The summed E-state index contributed by atoms with van der Waals surface area (Å²) in [6, 6.07) is 22.7. The van der Waals surface area contributed by atoms with Gasteiger partial charge in [0, 0.05) is 29.7 Å². The summed E-state index contributed by atoms with van der Waals surface area (Å²) in [7, 11) is 0. The van der Waals surface area contributed by atoms with Crippen LogP contribution in [0.2, 0.25) is 0 Å². The summed E-state index contributed by atoms with van der Waals surface area (Å²) in [5.74, 6) is 0.907. The Hall–Kier alpha value is -3.05. The van der Waals surface area contributed by atoms with Crippen LogP contribution < -0.4 is 5.32 Å². The smallest absolute Gasteiger partial charge is 0.169 e. The summed E-state index contributed by atoms with van der Waals surface area (Å²) < 4.78 is 5.57. The van der Waals surface area contributed by atoms with Gasteiger partial charge in [-0.1, -0.05) is 48.5 Å². The third kappa shape index (κ3) is 4.69.